The molecule has 3 aliphatic heterocycles. The van der Waals surface area contributed by atoms with Gasteiger partial charge in [0, 0.05) is 69.8 Å². The van der Waals surface area contributed by atoms with E-state index in [4.69, 9.17) is 0 Å². The Morgan fingerprint density at radius 3 is 2.48 bits per heavy atom. The first kappa shape index (κ1) is 22.0. The van der Waals surface area contributed by atoms with Gasteiger partial charge in [-0.05, 0) is 44.2 Å². The molecule has 0 bridgehead atoms. The fourth-order valence-corrected chi connectivity index (χ4v) is 5.95. The molecule has 1 aromatic heterocycles. The Morgan fingerprint density at radius 2 is 1.82 bits per heavy atom. The van der Waals surface area contributed by atoms with E-state index in [1.807, 2.05) is 46.3 Å². The predicted molar refractivity (Wildman–Crippen MR) is 127 cm³/mol. The van der Waals surface area contributed by atoms with Gasteiger partial charge < -0.3 is 14.7 Å². The Morgan fingerprint density at radius 1 is 1.09 bits per heavy atom. The smallest absolute Gasteiger partial charge is 0.254 e. The van der Waals surface area contributed by atoms with Crippen LogP contribution in [-0.4, -0.2) is 94.3 Å². The number of likely N-dealkylation sites (tertiary alicyclic amines) is 1. The Labute approximate surface area is 196 Å². The highest BCUT2D eigenvalue weighted by Crippen LogP contribution is 2.48. The van der Waals surface area contributed by atoms with Crippen molar-refractivity contribution < 1.29 is 9.59 Å². The summed E-state index contributed by atoms with van der Waals surface area (Å²) in [5, 5.41) is 0. The van der Waals surface area contributed by atoms with Crippen molar-refractivity contribution in [2.75, 3.05) is 46.3 Å². The van der Waals surface area contributed by atoms with Crippen LogP contribution in [0.1, 0.15) is 41.3 Å². The molecule has 1 spiro atoms. The topological polar surface area (TPSA) is 60.0 Å². The summed E-state index contributed by atoms with van der Waals surface area (Å²) in [5.41, 5.74) is 2.19. The van der Waals surface area contributed by atoms with E-state index in [-0.39, 0.29) is 23.8 Å². The number of hydrogen-bond acceptors (Lipinski definition) is 5. The first-order valence-electron chi connectivity index (χ1n) is 11.9. The van der Waals surface area contributed by atoms with Crippen molar-refractivity contribution in [1.29, 1.82) is 0 Å². The maximum absolute atomic E-state index is 14.1. The first-order valence-corrected chi connectivity index (χ1v) is 11.9. The van der Waals surface area contributed by atoms with E-state index in [2.05, 4.69) is 41.7 Å². The molecule has 1 atom stereocenters. The molecule has 2 saturated heterocycles. The number of fused-ring (bicyclic) bond motifs is 1. The number of amides is 2. The zero-order valence-corrected chi connectivity index (χ0v) is 19.8. The van der Waals surface area contributed by atoms with E-state index in [0.29, 0.717) is 18.7 Å². The number of benzene rings is 1. The Balaban J connectivity index is 1.52. The van der Waals surface area contributed by atoms with E-state index in [0.717, 1.165) is 43.9 Å². The Kier molecular flexibility index (Phi) is 5.70. The molecule has 5 rings (SSSR count). The largest absolute Gasteiger partial charge is 0.340 e. The molecule has 0 saturated carbocycles. The van der Waals surface area contributed by atoms with Crippen LogP contribution in [0.25, 0.3) is 0 Å². The molecular formula is C26H33N5O2. The van der Waals surface area contributed by atoms with Gasteiger partial charge in [0.05, 0.1) is 11.5 Å². The van der Waals surface area contributed by atoms with E-state index in [1.54, 1.807) is 6.20 Å². The van der Waals surface area contributed by atoms with Crippen LogP contribution in [0.15, 0.2) is 48.8 Å². The van der Waals surface area contributed by atoms with Crippen LogP contribution >= 0.6 is 0 Å². The van der Waals surface area contributed by atoms with Crippen LogP contribution in [-0.2, 0) is 11.3 Å². The fraction of sp³-hybridized carbons (Fsp3) is 0.500. The standard InChI is InChI=1S/C26H33N5O2/c1-19(2)31-24(32)22-9-5-4-8-21(22)23(25(33)30-13-11-28(3)12-14-30)26(31)17-29(18-26)16-20-7-6-10-27-15-20/h4-10,15,19,23H,11-14,16-18H2,1-3H3. The number of aromatic nitrogens is 1. The number of pyridine rings is 1. The van der Waals surface area contributed by atoms with Crippen LogP contribution in [0.3, 0.4) is 0 Å². The molecule has 3 aliphatic rings. The number of hydrogen-bond donors (Lipinski definition) is 0. The van der Waals surface area contributed by atoms with E-state index in [9.17, 15) is 9.59 Å². The van der Waals surface area contributed by atoms with E-state index >= 15 is 0 Å². The third kappa shape index (κ3) is 3.73. The van der Waals surface area contributed by atoms with Crippen LogP contribution in [0.4, 0.5) is 0 Å². The second-order valence-corrected chi connectivity index (χ2v) is 10.0. The predicted octanol–water partition coefficient (Wildman–Crippen LogP) is 2.06. The van der Waals surface area contributed by atoms with Gasteiger partial charge in [0.25, 0.3) is 5.91 Å². The lowest BCUT2D eigenvalue weighted by Gasteiger charge is -2.62. The van der Waals surface area contributed by atoms with Gasteiger partial charge in [-0.1, -0.05) is 24.3 Å². The Hall–Kier alpha value is -2.77. The molecule has 7 heteroatoms. The highest BCUT2D eigenvalue weighted by molar-refractivity contribution is 6.02. The molecule has 33 heavy (non-hydrogen) atoms. The lowest BCUT2D eigenvalue weighted by molar-refractivity contribution is -0.146. The average molecular weight is 448 g/mol. The summed E-state index contributed by atoms with van der Waals surface area (Å²) in [6, 6.07) is 11.8. The van der Waals surface area contributed by atoms with Gasteiger partial charge in [-0.15, -0.1) is 0 Å². The van der Waals surface area contributed by atoms with Crippen molar-refractivity contribution in [2.45, 2.75) is 37.9 Å². The first-order chi connectivity index (χ1) is 15.9. The summed E-state index contributed by atoms with van der Waals surface area (Å²) in [4.78, 5) is 40.7. The number of carbonyl (C=O) groups is 2. The molecule has 174 valence electrons. The number of carbonyl (C=O) groups excluding carboxylic acids is 2. The van der Waals surface area contributed by atoms with Gasteiger partial charge in [-0.3, -0.25) is 19.5 Å². The zero-order chi connectivity index (χ0) is 23.2. The number of likely N-dealkylation sites (N-methyl/N-ethyl adjacent to an activating group) is 1. The van der Waals surface area contributed by atoms with Gasteiger partial charge in [-0.2, -0.15) is 0 Å². The second-order valence-electron chi connectivity index (χ2n) is 10.0. The Bertz CT molecular complexity index is 1030. The molecule has 0 radical (unpaired) electrons. The molecule has 2 fully saturated rings. The quantitative estimate of drug-likeness (QED) is 0.718. The minimum atomic E-state index is -0.526. The molecule has 2 aromatic rings. The molecular weight excluding hydrogens is 414 g/mol. The minimum absolute atomic E-state index is 0.00851. The van der Waals surface area contributed by atoms with Crippen LogP contribution < -0.4 is 0 Å². The molecule has 1 unspecified atom stereocenters. The van der Waals surface area contributed by atoms with Crippen molar-refractivity contribution >= 4 is 11.8 Å². The molecule has 4 heterocycles. The van der Waals surface area contributed by atoms with Crippen molar-refractivity contribution in [3.8, 4) is 0 Å². The number of rotatable bonds is 4. The summed E-state index contributed by atoms with van der Waals surface area (Å²) in [5.74, 6) is -0.138. The highest BCUT2D eigenvalue weighted by atomic mass is 16.2. The second kappa shape index (κ2) is 8.54. The third-order valence-corrected chi connectivity index (χ3v) is 7.44. The fourth-order valence-electron chi connectivity index (χ4n) is 5.95. The van der Waals surface area contributed by atoms with Crippen LogP contribution in [0, 0.1) is 0 Å². The lowest BCUT2D eigenvalue weighted by atomic mass is 9.67. The van der Waals surface area contributed by atoms with Gasteiger partial charge in [0.15, 0.2) is 0 Å². The lowest BCUT2D eigenvalue weighted by Crippen LogP contribution is -2.77. The summed E-state index contributed by atoms with van der Waals surface area (Å²) >= 11 is 0. The van der Waals surface area contributed by atoms with Crippen molar-refractivity contribution in [3.63, 3.8) is 0 Å². The summed E-state index contributed by atoms with van der Waals surface area (Å²) < 4.78 is 0. The normalized spacial score (nSPS) is 23.0. The summed E-state index contributed by atoms with van der Waals surface area (Å²) in [6.07, 6.45) is 3.67. The number of piperazine rings is 1. The summed E-state index contributed by atoms with van der Waals surface area (Å²) in [6.45, 7) is 9.50. The highest BCUT2D eigenvalue weighted by Gasteiger charge is 2.61. The SMILES string of the molecule is CC(C)N1C(=O)c2ccccc2C(C(=O)N2CCN(C)CC2)C12CN(Cc1cccnc1)C2. The van der Waals surface area contributed by atoms with Gasteiger partial charge in [0.2, 0.25) is 5.91 Å². The van der Waals surface area contributed by atoms with Crippen LogP contribution in [0.5, 0.6) is 0 Å². The molecule has 2 amide bonds. The van der Waals surface area contributed by atoms with Crippen molar-refractivity contribution in [2.24, 2.45) is 0 Å². The molecule has 0 aliphatic carbocycles. The van der Waals surface area contributed by atoms with Crippen molar-refractivity contribution in [1.82, 2.24) is 24.6 Å². The van der Waals surface area contributed by atoms with E-state index < -0.39 is 5.54 Å². The molecule has 7 nitrogen and oxygen atoms in total. The zero-order valence-electron chi connectivity index (χ0n) is 19.8. The van der Waals surface area contributed by atoms with Gasteiger partial charge in [-0.25, -0.2) is 0 Å². The number of nitrogens with zero attached hydrogens (tertiary/aromatic N) is 5. The van der Waals surface area contributed by atoms with Crippen molar-refractivity contribution in [3.05, 3.63) is 65.5 Å². The molecule has 1 aromatic carbocycles. The maximum Gasteiger partial charge on any atom is 0.254 e. The molecule has 0 N–H and O–H groups in total. The van der Waals surface area contributed by atoms with Gasteiger partial charge >= 0.3 is 0 Å². The van der Waals surface area contributed by atoms with E-state index in [1.165, 1.54) is 0 Å². The average Bonchev–Trinajstić information content (AvgIpc) is 2.79. The van der Waals surface area contributed by atoms with Crippen LogP contribution in [0.2, 0.25) is 0 Å². The minimum Gasteiger partial charge on any atom is -0.340 e. The monoisotopic (exact) mass is 447 g/mol. The maximum atomic E-state index is 14.1. The van der Waals surface area contributed by atoms with Gasteiger partial charge in [0.1, 0.15) is 0 Å². The summed E-state index contributed by atoms with van der Waals surface area (Å²) in [7, 11) is 2.10. The third-order valence-electron chi connectivity index (χ3n) is 7.44.